The van der Waals surface area contributed by atoms with Gasteiger partial charge in [-0.1, -0.05) is 0 Å². The van der Waals surface area contributed by atoms with E-state index >= 15 is 0 Å². The van der Waals surface area contributed by atoms with Crippen LogP contribution >= 0.6 is 28.3 Å². The van der Waals surface area contributed by atoms with Gasteiger partial charge in [0.25, 0.3) is 5.95 Å². The van der Waals surface area contributed by atoms with Gasteiger partial charge in [0.1, 0.15) is 0 Å². The maximum atomic E-state index is 5.77. The zero-order valence-corrected chi connectivity index (χ0v) is 10.8. The van der Waals surface area contributed by atoms with Crippen LogP contribution in [-0.2, 0) is 0 Å². The minimum absolute atomic E-state index is 0. The highest BCUT2D eigenvalue weighted by Gasteiger charge is 2.14. The molecule has 2 N–H and O–H groups in total. The molecule has 2 rings (SSSR count). The van der Waals surface area contributed by atoms with Gasteiger partial charge >= 0.3 is 0 Å². The second-order valence-corrected chi connectivity index (χ2v) is 3.70. The van der Waals surface area contributed by atoms with Crippen LogP contribution < -0.4 is 5.73 Å². The van der Waals surface area contributed by atoms with Crippen LogP contribution in [0.2, 0.25) is 0 Å². The first-order valence-electron chi connectivity index (χ1n) is 4.34. The van der Waals surface area contributed by atoms with Crippen LogP contribution in [0.1, 0.15) is 18.8 Å². The molecule has 16 heavy (non-hydrogen) atoms. The molecule has 2 aromatic heterocycles. The lowest BCUT2D eigenvalue weighted by Gasteiger charge is -2.05. The van der Waals surface area contributed by atoms with Crippen LogP contribution in [0.4, 0.5) is 0 Å². The van der Waals surface area contributed by atoms with Crippen LogP contribution in [0.25, 0.3) is 5.95 Å². The predicted molar refractivity (Wildman–Crippen MR) is 64.5 cm³/mol. The Hall–Kier alpha value is -1.05. The number of nitrogens with zero attached hydrogens (tertiary/aromatic N) is 5. The van der Waals surface area contributed by atoms with Crippen molar-refractivity contribution in [3.05, 3.63) is 29.0 Å². The second-order valence-electron chi connectivity index (χ2n) is 2.99. The van der Waals surface area contributed by atoms with Crippen molar-refractivity contribution < 1.29 is 0 Å². The van der Waals surface area contributed by atoms with Crippen molar-refractivity contribution in [2.24, 2.45) is 5.73 Å². The number of rotatable bonds is 2. The third-order valence-electron chi connectivity index (χ3n) is 1.76. The first-order valence-corrected chi connectivity index (χ1v) is 5.13. The van der Waals surface area contributed by atoms with Crippen molar-refractivity contribution in [2.75, 3.05) is 0 Å². The molecule has 0 spiro atoms. The van der Waals surface area contributed by atoms with E-state index in [1.165, 1.54) is 4.68 Å². The summed E-state index contributed by atoms with van der Waals surface area (Å²) in [5.41, 5.74) is 5.77. The van der Waals surface area contributed by atoms with E-state index in [4.69, 9.17) is 5.73 Å². The Bertz CT molecular complexity index is 457. The maximum Gasteiger partial charge on any atom is 0.252 e. The smallest absolute Gasteiger partial charge is 0.252 e. The van der Waals surface area contributed by atoms with Gasteiger partial charge in [0.2, 0.25) is 4.73 Å². The Balaban J connectivity index is 0.00000128. The van der Waals surface area contributed by atoms with Crippen molar-refractivity contribution in [1.82, 2.24) is 24.7 Å². The molecule has 0 aliphatic heterocycles. The van der Waals surface area contributed by atoms with Gasteiger partial charge in [0, 0.05) is 12.4 Å². The fraction of sp³-hybridized carbons (Fsp3) is 0.250. The average Bonchev–Trinajstić information content (AvgIpc) is 2.62. The first kappa shape index (κ1) is 13.0. The summed E-state index contributed by atoms with van der Waals surface area (Å²) in [5.74, 6) is 1.08. The summed E-state index contributed by atoms with van der Waals surface area (Å²) in [6.07, 6.45) is 3.28. The Morgan fingerprint density at radius 2 is 2.00 bits per heavy atom. The molecule has 86 valence electrons. The zero-order valence-electron chi connectivity index (χ0n) is 8.41. The molecule has 0 radical (unpaired) electrons. The Kier molecular flexibility index (Phi) is 4.34. The van der Waals surface area contributed by atoms with E-state index < -0.39 is 0 Å². The lowest BCUT2D eigenvalue weighted by atomic mass is 10.3. The molecule has 0 aliphatic rings. The number of hydrogen-bond donors (Lipinski definition) is 1. The zero-order chi connectivity index (χ0) is 10.8. The van der Waals surface area contributed by atoms with E-state index in [0.29, 0.717) is 16.5 Å². The monoisotopic (exact) mass is 304 g/mol. The second kappa shape index (κ2) is 5.33. The van der Waals surface area contributed by atoms with Crippen LogP contribution in [0, 0.1) is 0 Å². The van der Waals surface area contributed by atoms with Gasteiger partial charge < -0.3 is 5.73 Å². The van der Waals surface area contributed by atoms with Gasteiger partial charge in [0.15, 0.2) is 5.82 Å². The average molecular weight is 306 g/mol. The van der Waals surface area contributed by atoms with Crippen LogP contribution in [0.15, 0.2) is 23.2 Å². The highest BCUT2D eigenvalue weighted by molar-refractivity contribution is 9.10. The van der Waals surface area contributed by atoms with Gasteiger partial charge in [-0.2, -0.15) is 4.68 Å². The minimum atomic E-state index is -0.229. The molecule has 1 atom stereocenters. The number of aromatic nitrogens is 5. The van der Waals surface area contributed by atoms with E-state index in [-0.39, 0.29) is 18.4 Å². The molecule has 0 fully saturated rings. The van der Waals surface area contributed by atoms with Crippen LogP contribution in [-0.4, -0.2) is 24.7 Å². The molecule has 0 saturated carbocycles. The lowest BCUT2D eigenvalue weighted by Crippen LogP contribution is -2.14. The van der Waals surface area contributed by atoms with Crippen molar-refractivity contribution in [2.45, 2.75) is 13.0 Å². The molecule has 2 aromatic rings. The molecule has 0 bridgehead atoms. The van der Waals surface area contributed by atoms with Crippen molar-refractivity contribution >= 4 is 28.3 Å². The number of hydrogen-bond acceptors (Lipinski definition) is 5. The summed E-state index contributed by atoms with van der Waals surface area (Å²) in [4.78, 5) is 12.3. The molecular weight excluding hydrogens is 295 g/mol. The summed E-state index contributed by atoms with van der Waals surface area (Å²) in [6, 6.07) is 1.51. The third-order valence-corrected chi connectivity index (χ3v) is 2.09. The van der Waals surface area contributed by atoms with Gasteiger partial charge in [-0.05, 0) is 28.9 Å². The predicted octanol–water partition coefficient (Wildman–Crippen LogP) is 1.26. The number of nitrogens with two attached hydrogens (primary N) is 1. The molecule has 2 heterocycles. The lowest BCUT2D eigenvalue weighted by molar-refractivity contribution is 0.668. The van der Waals surface area contributed by atoms with E-state index in [0.717, 1.165) is 0 Å². The topological polar surface area (TPSA) is 82.5 Å². The largest absolute Gasteiger partial charge is 0.322 e. The molecule has 0 amide bonds. The molecule has 6 nitrogen and oxygen atoms in total. The normalized spacial score (nSPS) is 11.9. The Morgan fingerprint density at radius 3 is 2.56 bits per heavy atom. The summed E-state index contributed by atoms with van der Waals surface area (Å²) in [5, 5.41) is 4.12. The van der Waals surface area contributed by atoms with Gasteiger partial charge in [-0.3, -0.25) is 0 Å². The minimum Gasteiger partial charge on any atom is -0.322 e. The molecule has 0 aliphatic carbocycles. The summed E-state index contributed by atoms with van der Waals surface area (Å²) in [6.45, 7) is 1.83. The molecule has 8 heteroatoms. The Labute approximate surface area is 107 Å². The van der Waals surface area contributed by atoms with Gasteiger partial charge in [-0.15, -0.1) is 17.5 Å². The van der Waals surface area contributed by atoms with Crippen LogP contribution in [0.5, 0.6) is 0 Å². The Morgan fingerprint density at radius 1 is 1.38 bits per heavy atom. The molecule has 0 saturated heterocycles. The fourth-order valence-electron chi connectivity index (χ4n) is 1.14. The van der Waals surface area contributed by atoms with Crippen LogP contribution in [0.3, 0.4) is 0 Å². The van der Waals surface area contributed by atoms with Crippen molar-refractivity contribution in [1.29, 1.82) is 0 Å². The maximum absolute atomic E-state index is 5.77. The highest BCUT2D eigenvalue weighted by atomic mass is 79.9. The molecular formula is C8H10BrClN6. The van der Waals surface area contributed by atoms with E-state index in [9.17, 15) is 0 Å². The third kappa shape index (κ3) is 2.55. The van der Waals surface area contributed by atoms with E-state index in [2.05, 4.69) is 36.0 Å². The molecule has 0 aromatic carbocycles. The summed E-state index contributed by atoms with van der Waals surface area (Å²) in [7, 11) is 0. The first-order chi connectivity index (χ1) is 7.18. The fourth-order valence-corrected chi connectivity index (χ4v) is 1.48. The van der Waals surface area contributed by atoms with Gasteiger partial charge in [0.05, 0.1) is 6.04 Å². The quantitative estimate of drug-likeness (QED) is 0.903. The van der Waals surface area contributed by atoms with Crippen molar-refractivity contribution in [3.63, 3.8) is 0 Å². The van der Waals surface area contributed by atoms with E-state index in [1.807, 2.05) is 6.92 Å². The van der Waals surface area contributed by atoms with E-state index in [1.54, 1.807) is 18.5 Å². The van der Waals surface area contributed by atoms with Gasteiger partial charge in [-0.25, -0.2) is 15.0 Å². The van der Waals surface area contributed by atoms with Crippen molar-refractivity contribution in [3.8, 4) is 5.95 Å². The number of halogens is 2. The highest BCUT2D eigenvalue weighted by Crippen LogP contribution is 2.13. The SMILES string of the molecule is C[C@@H](N)c1nc(Br)nn1-c1ncccn1.Cl. The molecule has 0 unspecified atom stereocenters. The summed E-state index contributed by atoms with van der Waals surface area (Å²) < 4.78 is 2.00. The standard InChI is InChI=1S/C8H9BrN6.ClH/c1-5(10)6-13-7(9)14-15(6)8-11-3-2-4-12-8;/h2-5H,10H2,1H3;1H/t5-;/m1./s1. The summed E-state index contributed by atoms with van der Waals surface area (Å²) >= 11 is 3.19.